The Kier molecular flexibility index (Phi) is 5.41. The number of Topliss-reactive ketones (excluding diaryl/α,β-unsaturated/α-hetero) is 2. The van der Waals surface area contributed by atoms with Gasteiger partial charge in [-0.2, -0.15) is 0 Å². The van der Waals surface area contributed by atoms with E-state index in [1.807, 2.05) is 30.3 Å². The first-order valence-corrected chi connectivity index (χ1v) is 7.41. The molecule has 118 valence electrons. The Labute approximate surface area is 135 Å². The summed E-state index contributed by atoms with van der Waals surface area (Å²) >= 11 is 0. The lowest BCUT2D eigenvalue weighted by molar-refractivity contribution is -0.148. The monoisotopic (exact) mass is 310 g/mol. The van der Waals surface area contributed by atoms with E-state index in [9.17, 15) is 14.4 Å². The molecular weight excluding hydrogens is 292 g/mol. The van der Waals surface area contributed by atoms with Gasteiger partial charge in [-0.1, -0.05) is 54.6 Å². The van der Waals surface area contributed by atoms with Crippen molar-refractivity contribution in [1.29, 1.82) is 0 Å². The van der Waals surface area contributed by atoms with E-state index in [-0.39, 0.29) is 6.61 Å². The van der Waals surface area contributed by atoms with Gasteiger partial charge < -0.3 is 4.74 Å². The van der Waals surface area contributed by atoms with Gasteiger partial charge in [0.15, 0.2) is 17.5 Å². The van der Waals surface area contributed by atoms with E-state index in [0.29, 0.717) is 5.56 Å². The fraction of sp³-hybridized carbons (Fsp3) is 0.211. The van der Waals surface area contributed by atoms with Crippen molar-refractivity contribution in [3.63, 3.8) is 0 Å². The Morgan fingerprint density at radius 1 is 0.913 bits per heavy atom. The molecule has 0 saturated heterocycles. The summed E-state index contributed by atoms with van der Waals surface area (Å²) in [6.45, 7) is 2.98. The molecule has 0 amide bonds. The summed E-state index contributed by atoms with van der Waals surface area (Å²) in [5, 5.41) is 0. The largest absolute Gasteiger partial charge is 0.465 e. The third kappa shape index (κ3) is 3.92. The Morgan fingerprint density at radius 2 is 1.48 bits per heavy atom. The molecule has 0 aromatic heterocycles. The van der Waals surface area contributed by atoms with Crippen molar-refractivity contribution in [2.75, 3.05) is 6.61 Å². The highest BCUT2D eigenvalue weighted by atomic mass is 16.5. The predicted molar refractivity (Wildman–Crippen MR) is 87.0 cm³/mol. The summed E-state index contributed by atoms with van der Waals surface area (Å²) in [6, 6.07) is 16.6. The van der Waals surface area contributed by atoms with Crippen LogP contribution in [0.2, 0.25) is 0 Å². The molecule has 0 N–H and O–H groups in total. The lowest BCUT2D eigenvalue weighted by Gasteiger charge is -2.12. The summed E-state index contributed by atoms with van der Waals surface area (Å²) in [6.07, 6.45) is 0. The lowest BCUT2D eigenvalue weighted by atomic mass is 9.93. The fourth-order valence-corrected chi connectivity index (χ4v) is 2.31. The molecule has 0 heterocycles. The standard InChI is InChI=1S/C19H18O4/c1-3-23-19(22)17(13(2)20)18(21)16-11-9-15(10-12-16)14-7-5-4-6-8-14/h4-12,17H,3H2,1-2H3/t17-/m1/s1. The third-order valence-corrected chi connectivity index (χ3v) is 3.47. The van der Waals surface area contributed by atoms with Crippen LogP contribution in [0, 0.1) is 5.92 Å². The molecule has 4 heteroatoms. The summed E-state index contributed by atoms with van der Waals surface area (Å²) in [5.41, 5.74) is 2.30. The van der Waals surface area contributed by atoms with Crippen molar-refractivity contribution in [2.24, 2.45) is 5.92 Å². The number of esters is 1. The number of hydrogen-bond acceptors (Lipinski definition) is 4. The maximum atomic E-state index is 12.4. The number of ketones is 2. The van der Waals surface area contributed by atoms with Gasteiger partial charge in [-0.05, 0) is 25.0 Å². The van der Waals surface area contributed by atoms with E-state index < -0.39 is 23.5 Å². The maximum absolute atomic E-state index is 12.4. The second-order valence-corrected chi connectivity index (χ2v) is 5.10. The van der Waals surface area contributed by atoms with E-state index in [4.69, 9.17) is 4.74 Å². The van der Waals surface area contributed by atoms with Crippen LogP contribution < -0.4 is 0 Å². The van der Waals surface area contributed by atoms with Crippen LogP contribution in [0.5, 0.6) is 0 Å². The summed E-state index contributed by atoms with van der Waals surface area (Å²) in [4.78, 5) is 35.9. The first-order valence-electron chi connectivity index (χ1n) is 7.41. The minimum absolute atomic E-state index is 0.128. The highest BCUT2D eigenvalue weighted by Crippen LogP contribution is 2.21. The molecule has 0 spiro atoms. The minimum Gasteiger partial charge on any atom is -0.465 e. The topological polar surface area (TPSA) is 60.4 Å². The predicted octanol–water partition coefficient (Wildman–Crippen LogP) is 3.30. The molecule has 2 aromatic carbocycles. The number of rotatable bonds is 6. The first-order chi connectivity index (χ1) is 11.0. The lowest BCUT2D eigenvalue weighted by Crippen LogP contribution is -2.32. The zero-order chi connectivity index (χ0) is 16.8. The molecule has 0 saturated carbocycles. The fourth-order valence-electron chi connectivity index (χ4n) is 2.31. The Morgan fingerprint density at radius 3 is 2.00 bits per heavy atom. The average Bonchev–Trinajstić information content (AvgIpc) is 2.56. The van der Waals surface area contributed by atoms with Crippen LogP contribution in [-0.2, 0) is 14.3 Å². The molecule has 0 aliphatic rings. The van der Waals surface area contributed by atoms with Crippen molar-refractivity contribution in [2.45, 2.75) is 13.8 Å². The van der Waals surface area contributed by atoms with Crippen LogP contribution in [0.1, 0.15) is 24.2 Å². The molecular formula is C19H18O4. The van der Waals surface area contributed by atoms with E-state index in [0.717, 1.165) is 11.1 Å². The average molecular weight is 310 g/mol. The Hall–Kier alpha value is -2.75. The SMILES string of the molecule is CCOC(=O)[C@H](C(C)=O)C(=O)c1ccc(-c2ccccc2)cc1. The molecule has 1 atom stereocenters. The molecule has 2 aromatic rings. The van der Waals surface area contributed by atoms with Gasteiger partial charge in [0.25, 0.3) is 0 Å². The molecule has 0 radical (unpaired) electrons. The van der Waals surface area contributed by atoms with E-state index in [2.05, 4.69) is 0 Å². The van der Waals surface area contributed by atoms with Crippen LogP contribution in [0.15, 0.2) is 54.6 Å². The Bertz CT molecular complexity index is 702. The van der Waals surface area contributed by atoms with Crippen molar-refractivity contribution in [3.8, 4) is 11.1 Å². The normalized spacial score (nSPS) is 11.6. The summed E-state index contributed by atoms with van der Waals surface area (Å²) < 4.78 is 4.82. The first kappa shape index (κ1) is 16.6. The quantitative estimate of drug-likeness (QED) is 0.466. The highest BCUT2D eigenvalue weighted by molar-refractivity contribution is 6.22. The second kappa shape index (κ2) is 7.49. The van der Waals surface area contributed by atoms with Crippen molar-refractivity contribution in [3.05, 3.63) is 60.2 Å². The number of benzene rings is 2. The highest BCUT2D eigenvalue weighted by Gasteiger charge is 2.33. The van der Waals surface area contributed by atoms with Gasteiger partial charge >= 0.3 is 5.97 Å². The summed E-state index contributed by atoms with van der Waals surface area (Å²) in [5.74, 6) is -3.23. The van der Waals surface area contributed by atoms with Crippen LogP contribution in [0.3, 0.4) is 0 Å². The van der Waals surface area contributed by atoms with Crippen molar-refractivity contribution >= 4 is 17.5 Å². The van der Waals surface area contributed by atoms with E-state index >= 15 is 0 Å². The third-order valence-electron chi connectivity index (χ3n) is 3.47. The van der Waals surface area contributed by atoms with Gasteiger partial charge in [0.1, 0.15) is 0 Å². The number of carbonyl (C=O) groups is 3. The second-order valence-electron chi connectivity index (χ2n) is 5.10. The van der Waals surface area contributed by atoms with E-state index in [1.165, 1.54) is 6.92 Å². The van der Waals surface area contributed by atoms with Gasteiger partial charge in [0.2, 0.25) is 0 Å². The molecule has 4 nitrogen and oxygen atoms in total. The van der Waals surface area contributed by atoms with Crippen LogP contribution in [-0.4, -0.2) is 24.1 Å². The number of carbonyl (C=O) groups excluding carboxylic acids is 3. The van der Waals surface area contributed by atoms with Gasteiger partial charge in [-0.25, -0.2) is 0 Å². The molecule has 0 fully saturated rings. The van der Waals surface area contributed by atoms with Crippen LogP contribution in [0.25, 0.3) is 11.1 Å². The van der Waals surface area contributed by atoms with Gasteiger partial charge in [-0.3, -0.25) is 14.4 Å². The Balaban J connectivity index is 2.25. The van der Waals surface area contributed by atoms with Crippen molar-refractivity contribution < 1.29 is 19.1 Å². The molecule has 23 heavy (non-hydrogen) atoms. The van der Waals surface area contributed by atoms with Gasteiger partial charge in [-0.15, -0.1) is 0 Å². The number of hydrogen-bond donors (Lipinski definition) is 0. The molecule has 0 aliphatic carbocycles. The minimum atomic E-state index is -1.39. The van der Waals surface area contributed by atoms with Crippen LogP contribution in [0.4, 0.5) is 0 Å². The van der Waals surface area contributed by atoms with Gasteiger partial charge in [0.05, 0.1) is 6.61 Å². The maximum Gasteiger partial charge on any atom is 0.324 e. The molecule has 0 aliphatic heterocycles. The number of ether oxygens (including phenoxy) is 1. The smallest absolute Gasteiger partial charge is 0.324 e. The molecule has 0 bridgehead atoms. The molecule has 2 rings (SSSR count). The van der Waals surface area contributed by atoms with E-state index in [1.54, 1.807) is 31.2 Å². The zero-order valence-electron chi connectivity index (χ0n) is 13.1. The zero-order valence-corrected chi connectivity index (χ0v) is 13.1. The van der Waals surface area contributed by atoms with Crippen LogP contribution >= 0.6 is 0 Å². The molecule has 0 unspecified atom stereocenters. The van der Waals surface area contributed by atoms with Gasteiger partial charge in [0, 0.05) is 5.56 Å². The van der Waals surface area contributed by atoms with Crippen molar-refractivity contribution in [1.82, 2.24) is 0 Å². The summed E-state index contributed by atoms with van der Waals surface area (Å²) in [7, 11) is 0.